The topological polar surface area (TPSA) is 56.2 Å². The molecule has 5 heteroatoms. The summed E-state index contributed by atoms with van der Waals surface area (Å²) in [6.45, 7) is 10.7. The number of amides is 1. The average molecular weight is 253 g/mol. The smallest absolute Gasteiger partial charge is 0.240 e. The third kappa shape index (κ3) is 4.49. The zero-order valence-corrected chi connectivity index (χ0v) is 11.9. The summed E-state index contributed by atoms with van der Waals surface area (Å²) in [5, 5.41) is 2.93. The van der Waals surface area contributed by atoms with Crippen LogP contribution in [0.25, 0.3) is 0 Å². The summed E-state index contributed by atoms with van der Waals surface area (Å²) >= 11 is 0. The lowest BCUT2D eigenvalue weighted by Gasteiger charge is -2.21. The monoisotopic (exact) mass is 253 g/mol. The molecule has 102 valence electrons. The Labute approximate surface area is 109 Å². The van der Waals surface area contributed by atoms with Gasteiger partial charge in [-0.05, 0) is 34.6 Å². The summed E-state index contributed by atoms with van der Waals surface area (Å²) in [6, 6.07) is 0. The molecule has 1 atom stereocenters. The first-order valence-electron chi connectivity index (χ1n) is 6.27. The van der Waals surface area contributed by atoms with Gasteiger partial charge in [0.1, 0.15) is 18.5 Å². The summed E-state index contributed by atoms with van der Waals surface area (Å²) in [5.74, 6) is 0.756. The molecule has 1 N–H and O–H groups in total. The predicted octanol–water partition coefficient (Wildman–Crippen LogP) is 1.90. The van der Waals surface area contributed by atoms with Crippen molar-refractivity contribution in [1.29, 1.82) is 0 Å². The van der Waals surface area contributed by atoms with Gasteiger partial charge in [-0.25, -0.2) is 4.98 Å². The van der Waals surface area contributed by atoms with E-state index in [1.54, 1.807) is 12.4 Å². The van der Waals surface area contributed by atoms with Crippen molar-refractivity contribution in [3.63, 3.8) is 0 Å². The van der Waals surface area contributed by atoms with Gasteiger partial charge < -0.3 is 14.6 Å². The molecule has 0 aliphatic heterocycles. The van der Waals surface area contributed by atoms with Gasteiger partial charge in [-0.3, -0.25) is 4.79 Å². The minimum atomic E-state index is -0.219. The predicted molar refractivity (Wildman–Crippen MR) is 70.2 cm³/mol. The number of nitrogens with one attached hydrogen (secondary N) is 1. The normalized spacial score (nSPS) is 13.4. The van der Waals surface area contributed by atoms with Crippen LogP contribution in [0.3, 0.4) is 0 Å². The molecular weight excluding hydrogens is 230 g/mol. The van der Waals surface area contributed by atoms with Crippen LogP contribution in [0.1, 0.15) is 46.5 Å². The molecule has 0 radical (unpaired) electrons. The van der Waals surface area contributed by atoms with Crippen LogP contribution in [0, 0.1) is 0 Å². The lowest BCUT2D eigenvalue weighted by Crippen LogP contribution is -2.42. The van der Waals surface area contributed by atoms with E-state index in [4.69, 9.17) is 4.74 Å². The first kappa shape index (κ1) is 14.7. The van der Waals surface area contributed by atoms with Gasteiger partial charge in [0.2, 0.25) is 5.91 Å². The molecule has 1 unspecified atom stereocenters. The number of rotatable bonds is 5. The van der Waals surface area contributed by atoms with Crippen LogP contribution >= 0.6 is 0 Å². The van der Waals surface area contributed by atoms with Gasteiger partial charge in [-0.2, -0.15) is 0 Å². The molecule has 1 heterocycles. The molecule has 0 saturated carbocycles. The zero-order valence-electron chi connectivity index (χ0n) is 11.9. The molecule has 0 bridgehead atoms. The Morgan fingerprint density at radius 2 is 2.22 bits per heavy atom. The van der Waals surface area contributed by atoms with Crippen LogP contribution in [0.15, 0.2) is 12.4 Å². The molecule has 5 nitrogen and oxygen atoms in total. The number of hydrogen-bond donors (Lipinski definition) is 1. The van der Waals surface area contributed by atoms with Crippen molar-refractivity contribution in [3.8, 4) is 0 Å². The highest BCUT2D eigenvalue weighted by molar-refractivity contribution is 5.76. The van der Waals surface area contributed by atoms with Gasteiger partial charge in [0, 0.05) is 24.5 Å². The number of nitrogens with zero attached hydrogens (tertiary/aromatic N) is 2. The molecule has 1 aromatic rings. The van der Waals surface area contributed by atoms with Gasteiger partial charge in [0.05, 0.1) is 0 Å². The number of hydrogen-bond acceptors (Lipinski definition) is 3. The summed E-state index contributed by atoms with van der Waals surface area (Å²) in [5.41, 5.74) is -0.219. The summed E-state index contributed by atoms with van der Waals surface area (Å²) in [6.07, 6.45) is 3.38. The van der Waals surface area contributed by atoms with Gasteiger partial charge >= 0.3 is 0 Å². The van der Waals surface area contributed by atoms with Gasteiger partial charge in [-0.1, -0.05) is 0 Å². The Kier molecular flexibility index (Phi) is 4.90. The summed E-state index contributed by atoms with van der Waals surface area (Å²) in [4.78, 5) is 16.1. The van der Waals surface area contributed by atoms with Crippen molar-refractivity contribution < 1.29 is 9.53 Å². The molecule has 0 aliphatic carbocycles. The third-order valence-corrected chi connectivity index (χ3v) is 2.36. The first-order chi connectivity index (χ1) is 8.33. The van der Waals surface area contributed by atoms with Crippen molar-refractivity contribution in [1.82, 2.24) is 14.9 Å². The molecule has 1 aromatic heterocycles. The number of aromatic nitrogens is 2. The van der Waals surface area contributed by atoms with Crippen LogP contribution in [0.5, 0.6) is 0 Å². The molecule has 0 saturated heterocycles. The van der Waals surface area contributed by atoms with E-state index in [2.05, 4.69) is 10.3 Å². The van der Waals surface area contributed by atoms with Crippen LogP contribution in [0.4, 0.5) is 0 Å². The van der Waals surface area contributed by atoms with Crippen molar-refractivity contribution in [2.24, 2.45) is 0 Å². The maximum Gasteiger partial charge on any atom is 0.240 e. The SMILES string of the molecule is CCOC(C)c1nccn1CC(=O)NC(C)(C)C. The summed E-state index contributed by atoms with van der Waals surface area (Å²) < 4.78 is 7.32. The van der Waals surface area contributed by atoms with E-state index in [9.17, 15) is 4.79 Å². The Morgan fingerprint density at radius 1 is 1.56 bits per heavy atom. The summed E-state index contributed by atoms with van der Waals surface area (Å²) in [7, 11) is 0. The van der Waals surface area contributed by atoms with Crippen molar-refractivity contribution in [2.45, 2.75) is 52.8 Å². The Morgan fingerprint density at radius 3 is 2.78 bits per heavy atom. The van der Waals surface area contributed by atoms with Crippen molar-refractivity contribution >= 4 is 5.91 Å². The number of carbonyl (C=O) groups excluding carboxylic acids is 1. The molecule has 18 heavy (non-hydrogen) atoms. The quantitative estimate of drug-likeness (QED) is 0.872. The zero-order chi connectivity index (χ0) is 13.8. The van der Waals surface area contributed by atoms with Crippen LogP contribution in [0.2, 0.25) is 0 Å². The van der Waals surface area contributed by atoms with Gasteiger partial charge in [0.15, 0.2) is 0 Å². The van der Waals surface area contributed by atoms with Crippen molar-refractivity contribution in [2.75, 3.05) is 6.61 Å². The molecule has 0 aromatic carbocycles. The minimum Gasteiger partial charge on any atom is -0.371 e. The maximum atomic E-state index is 11.9. The van der Waals surface area contributed by atoms with E-state index < -0.39 is 0 Å². The molecule has 0 spiro atoms. The second-order valence-corrected chi connectivity index (χ2v) is 5.31. The number of ether oxygens (including phenoxy) is 1. The fourth-order valence-corrected chi connectivity index (χ4v) is 1.75. The minimum absolute atomic E-state index is 0.0227. The van der Waals surface area contributed by atoms with Crippen LogP contribution in [-0.2, 0) is 16.1 Å². The van der Waals surface area contributed by atoms with Crippen LogP contribution < -0.4 is 5.32 Å². The molecule has 0 fully saturated rings. The fourth-order valence-electron chi connectivity index (χ4n) is 1.75. The second-order valence-electron chi connectivity index (χ2n) is 5.31. The third-order valence-electron chi connectivity index (χ3n) is 2.36. The highest BCUT2D eigenvalue weighted by Gasteiger charge is 2.17. The number of carbonyl (C=O) groups is 1. The largest absolute Gasteiger partial charge is 0.371 e. The Bertz CT molecular complexity index is 393. The maximum absolute atomic E-state index is 11.9. The average Bonchev–Trinajstić information content (AvgIpc) is 2.62. The van der Waals surface area contributed by atoms with Crippen molar-refractivity contribution in [3.05, 3.63) is 18.2 Å². The molecule has 1 rings (SSSR count). The van der Waals surface area contributed by atoms with E-state index in [1.807, 2.05) is 39.2 Å². The van der Waals surface area contributed by atoms with E-state index in [1.165, 1.54) is 0 Å². The van der Waals surface area contributed by atoms with Crippen LogP contribution in [-0.4, -0.2) is 27.6 Å². The lowest BCUT2D eigenvalue weighted by molar-refractivity contribution is -0.123. The highest BCUT2D eigenvalue weighted by Crippen LogP contribution is 2.14. The number of imidazole rings is 1. The standard InChI is InChI=1S/C13H23N3O2/c1-6-18-10(2)12-14-7-8-16(12)9-11(17)15-13(3,4)5/h7-8,10H,6,9H2,1-5H3,(H,15,17). The fraction of sp³-hybridized carbons (Fsp3) is 0.692. The molecule has 0 aliphatic rings. The Hall–Kier alpha value is -1.36. The lowest BCUT2D eigenvalue weighted by atomic mass is 10.1. The van der Waals surface area contributed by atoms with E-state index in [0.29, 0.717) is 6.61 Å². The molecular formula is C13H23N3O2. The second kappa shape index (κ2) is 6.00. The van der Waals surface area contributed by atoms with E-state index in [0.717, 1.165) is 5.82 Å². The van der Waals surface area contributed by atoms with E-state index >= 15 is 0 Å². The van der Waals surface area contributed by atoms with E-state index in [-0.39, 0.29) is 24.1 Å². The first-order valence-corrected chi connectivity index (χ1v) is 6.27. The van der Waals surface area contributed by atoms with Gasteiger partial charge in [-0.15, -0.1) is 0 Å². The molecule has 1 amide bonds. The van der Waals surface area contributed by atoms with Gasteiger partial charge in [0.25, 0.3) is 0 Å². The highest BCUT2D eigenvalue weighted by atomic mass is 16.5. The Balaban J connectivity index is 2.68.